The Kier molecular flexibility index (Phi) is 2.71. The number of pyridine rings is 1. The van der Waals surface area contributed by atoms with Crippen LogP contribution in [-0.4, -0.2) is 24.1 Å². The van der Waals surface area contributed by atoms with Gasteiger partial charge >= 0.3 is 0 Å². The Morgan fingerprint density at radius 3 is 2.92 bits per heavy atom. The molecule has 1 aromatic heterocycles. The maximum absolute atomic E-state index is 5.77. The highest BCUT2D eigenvalue weighted by Crippen LogP contribution is 2.23. The molecule has 1 aromatic rings. The normalized spacial score (nSPS) is 16.8. The molecule has 1 saturated heterocycles. The molecule has 0 atom stereocenters. The second kappa shape index (κ2) is 3.82. The molecule has 0 radical (unpaired) electrons. The Labute approximate surface area is 90.0 Å². The van der Waals surface area contributed by atoms with E-state index < -0.39 is 0 Å². The third-order valence-corrected chi connectivity index (χ3v) is 2.74. The number of aromatic nitrogens is 1. The molecule has 0 unspecified atom stereocenters. The fraction of sp³-hybridized carbons (Fsp3) is 0.375. The van der Waals surface area contributed by atoms with Crippen molar-refractivity contribution in [3.8, 4) is 0 Å². The van der Waals surface area contributed by atoms with E-state index in [0.717, 1.165) is 23.4 Å². The lowest BCUT2D eigenvalue weighted by Crippen LogP contribution is -2.51. The van der Waals surface area contributed by atoms with Gasteiger partial charge in [-0.3, -0.25) is 0 Å². The van der Waals surface area contributed by atoms with E-state index in [1.165, 1.54) is 0 Å². The van der Waals surface area contributed by atoms with E-state index in [1.807, 2.05) is 6.07 Å². The van der Waals surface area contributed by atoms with Crippen LogP contribution in [0.15, 0.2) is 16.7 Å². The van der Waals surface area contributed by atoms with Crippen LogP contribution in [0, 0.1) is 0 Å². The zero-order chi connectivity index (χ0) is 9.26. The van der Waals surface area contributed by atoms with Gasteiger partial charge in [0.1, 0.15) is 5.82 Å². The summed E-state index contributed by atoms with van der Waals surface area (Å²) in [6.07, 6.45) is 1.64. The summed E-state index contributed by atoms with van der Waals surface area (Å²) in [5.41, 5.74) is 0. The number of hydrogen-bond donors (Lipinski definition) is 2. The smallest absolute Gasteiger partial charge is 0.140 e. The lowest BCUT2D eigenvalue weighted by Gasteiger charge is -2.28. The van der Waals surface area contributed by atoms with Crippen LogP contribution in [0.3, 0.4) is 0 Å². The number of rotatable bonds is 2. The monoisotopic (exact) mass is 261 g/mol. The SMILES string of the molecule is Clc1cnc(NC2CNC2)c(Br)c1. The van der Waals surface area contributed by atoms with Gasteiger partial charge in [0.15, 0.2) is 0 Å². The lowest BCUT2D eigenvalue weighted by molar-refractivity contribution is 0.471. The van der Waals surface area contributed by atoms with E-state index >= 15 is 0 Å². The summed E-state index contributed by atoms with van der Waals surface area (Å²) >= 11 is 9.17. The van der Waals surface area contributed by atoms with Crippen molar-refractivity contribution >= 4 is 33.3 Å². The third-order valence-electron chi connectivity index (χ3n) is 1.93. The van der Waals surface area contributed by atoms with Crippen molar-refractivity contribution in [2.75, 3.05) is 18.4 Å². The molecule has 2 rings (SSSR count). The van der Waals surface area contributed by atoms with Gasteiger partial charge in [0, 0.05) is 19.3 Å². The van der Waals surface area contributed by atoms with E-state index in [4.69, 9.17) is 11.6 Å². The molecule has 0 aliphatic carbocycles. The highest BCUT2D eigenvalue weighted by atomic mass is 79.9. The summed E-state index contributed by atoms with van der Waals surface area (Å²) in [5.74, 6) is 0.857. The summed E-state index contributed by atoms with van der Waals surface area (Å²) in [6.45, 7) is 1.99. The molecule has 0 spiro atoms. The molecule has 2 heterocycles. The van der Waals surface area contributed by atoms with Crippen LogP contribution in [0.1, 0.15) is 0 Å². The van der Waals surface area contributed by atoms with Gasteiger partial charge in [0.25, 0.3) is 0 Å². The summed E-state index contributed by atoms with van der Waals surface area (Å²) in [4.78, 5) is 4.18. The highest BCUT2D eigenvalue weighted by molar-refractivity contribution is 9.10. The third kappa shape index (κ3) is 2.13. The van der Waals surface area contributed by atoms with Gasteiger partial charge in [-0.15, -0.1) is 0 Å². The molecule has 1 aliphatic rings. The zero-order valence-electron chi connectivity index (χ0n) is 6.85. The number of hydrogen-bond acceptors (Lipinski definition) is 3. The Hall–Kier alpha value is -0.320. The molecular formula is C8H9BrClN3. The molecule has 2 N–H and O–H groups in total. The molecule has 3 nitrogen and oxygen atoms in total. The van der Waals surface area contributed by atoms with Gasteiger partial charge in [0.2, 0.25) is 0 Å². The van der Waals surface area contributed by atoms with Gasteiger partial charge in [0.05, 0.1) is 15.5 Å². The van der Waals surface area contributed by atoms with Crippen LogP contribution in [-0.2, 0) is 0 Å². The van der Waals surface area contributed by atoms with Crippen LogP contribution in [0.25, 0.3) is 0 Å². The highest BCUT2D eigenvalue weighted by Gasteiger charge is 2.17. The lowest BCUT2D eigenvalue weighted by atomic mass is 10.2. The van der Waals surface area contributed by atoms with Crippen LogP contribution >= 0.6 is 27.5 Å². The second-order valence-electron chi connectivity index (χ2n) is 2.98. The minimum Gasteiger partial charge on any atom is -0.364 e. The maximum Gasteiger partial charge on any atom is 0.140 e. The molecule has 1 fully saturated rings. The number of anilines is 1. The largest absolute Gasteiger partial charge is 0.364 e. The minimum absolute atomic E-state index is 0.491. The number of halogens is 2. The predicted octanol–water partition coefficient (Wildman–Crippen LogP) is 1.88. The Morgan fingerprint density at radius 1 is 1.62 bits per heavy atom. The first-order chi connectivity index (χ1) is 6.25. The van der Waals surface area contributed by atoms with Crippen LogP contribution < -0.4 is 10.6 Å². The fourth-order valence-corrected chi connectivity index (χ4v) is 1.86. The quantitative estimate of drug-likeness (QED) is 0.854. The molecule has 0 bridgehead atoms. The van der Waals surface area contributed by atoms with Gasteiger partial charge < -0.3 is 10.6 Å². The average molecular weight is 263 g/mol. The molecular weight excluding hydrogens is 253 g/mol. The van der Waals surface area contributed by atoms with Crippen LogP contribution in [0.4, 0.5) is 5.82 Å². The standard InChI is InChI=1S/C8H9BrClN3/c9-7-1-5(10)2-12-8(7)13-6-3-11-4-6/h1-2,6,11H,3-4H2,(H,12,13). The van der Waals surface area contributed by atoms with Crippen molar-refractivity contribution < 1.29 is 0 Å². The topological polar surface area (TPSA) is 37.0 Å². The molecule has 0 amide bonds. The molecule has 1 aliphatic heterocycles. The van der Waals surface area contributed by atoms with Crippen molar-refractivity contribution in [1.29, 1.82) is 0 Å². The first kappa shape index (κ1) is 9.24. The van der Waals surface area contributed by atoms with Gasteiger partial charge in [-0.1, -0.05) is 11.6 Å². The average Bonchev–Trinajstić information content (AvgIpc) is 1.99. The molecule has 13 heavy (non-hydrogen) atoms. The Bertz CT molecular complexity index is 314. The first-order valence-corrected chi connectivity index (χ1v) is 5.21. The summed E-state index contributed by atoms with van der Waals surface area (Å²) in [5, 5.41) is 7.12. The van der Waals surface area contributed by atoms with Crippen molar-refractivity contribution in [3.63, 3.8) is 0 Å². The van der Waals surface area contributed by atoms with Gasteiger partial charge in [-0.2, -0.15) is 0 Å². The maximum atomic E-state index is 5.77. The van der Waals surface area contributed by atoms with E-state index in [2.05, 4.69) is 31.5 Å². The number of nitrogens with one attached hydrogen (secondary N) is 2. The van der Waals surface area contributed by atoms with Crippen molar-refractivity contribution in [2.24, 2.45) is 0 Å². The second-order valence-corrected chi connectivity index (χ2v) is 4.27. The number of nitrogens with zero attached hydrogens (tertiary/aromatic N) is 1. The van der Waals surface area contributed by atoms with Crippen LogP contribution in [0.5, 0.6) is 0 Å². The molecule has 0 aromatic carbocycles. The molecule has 70 valence electrons. The van der Waals surface area contributed by atoms with E-state index in [9.17, 15) is 0 Å². The van der Waals surface area contributed by atoms with Crippen molar-refractivity contribution in [2.45, 2.75) is 6.04 Å². The zero-order valence-corrected chi connectivity index (χ0v) is 9.19. The Morgan fingerprint density at radius 2 is 2.38 bits per heavy atom. The van der Waals surface area contributed by atoms with E-state index in [-0.39, 0.29) is 0 Å². The predicted molar refractivity (Wildman–Crippen MR) is 57.2 cm³/mol. The minimum atomic E-state index is 0.491. The fourth-order valence-electron chi connectivity index (χ4n) is 1.10. The summed E-state index contributed by atoms with van der Waals surface area (Å²) in [6, 6.07) is 2.33. The first-order valence-electron chi connectivity index (χ1n) is 4.04. The van der Waals surface area contributed by atoms with Crippen LogP contribution in [0.2, 0.25) is 5.02 Å². The van der Waals surface area contributed by atoms with Crippen molar-refractivity contribution in [3.05, 3.63) is 21.8 Å². The van der Waals surface area contributed by atoms with E-state index in [0.29, 0.717) is 11.1 Å². The van der Waals surface area contributed by atoms with Crippen molar-refractivity contribution in [1.82, 2.24) is 10.3 Å². The Balaban J connectivity index is 2.10. The van der Waals surface area contributed by atoms with Gasteiger partial charge in [-0.25, -0.2) is 4.98 Å². The molecule has 5 heteroatoms. The molecule has 0 saturated carbocycles. The summed E-state index contributed by atoms with van der Waals surface area (Å²) in [7, 11) is 0. The summed E-state index contributed by atoms with van der Waals surface area (Å²) < 4.78 is 0.909. The van der Waals surface area contributed by atoms with Gasteiger partial charge in [-0.05, 0) is 22.0 Å². The van der Waals surface area contributed by atoms with E-state index in [1.54, 1.807) is 6.20 Å².